The van der Waals surface area contributed by atoms with Gasteiger partial charge in [-0.15, -0.1) is 0 Å². The minimum Gasteiger partial charge on any atom is -0.491 e. The molecule has 2 atom stereocenters. The lowest BCUT2D eigenvalue weighted by Gasteiger charge is -2.44. The highest BCUT2D eigenvalue weighted by Crippen LogP contribution is 2.35. The van der Waals surface area contributed by atoms with Gasteiger partial charge in [-0.3, -0.25) is 4.79 Å². The molecule has 2 aliphatic rings. The molecule has 0 bridgehead atoms. The molecule has 0 aromatic heterocycles. The van der Waals surface area contributed by atoms with Crippen LogP contribution in [0.25, 0.3) is 0 Å². The first-order chi connectivity index (χ1) is 10.8. The van der Waals surface area contributed by atoms with Crippen LogP contribution in [-0.2, 0) is 4.79 Å². The van der Waals surface area contributed by atoms with E-state index >= 15 is 0 Å². The van der Waals surface area contributed by atoms with Gasteiger partial charge in [0.1, 0.15) is 5.75 Å². The average molecular weight is 322 g/mol. The van der Waals surface area contributed by atoms with Crippen LogP contribution in [0.4, 0.5) is 0 Å². The molecule has 1 aromatic rings. The highest BCUT2D eigenvalue weighted by molar-refractivity contribution is 6.32. The van der Waals surface area contributed by atoms with Crippen molar-refractivity contribution in [3.05, 3.63) is 29.3 Å². The number of halogens is 1. The lowest BCUT2D eigenvalue weighted by atomic mass is 9.78. The van der Waals surface area contributed by atoms with Crippen molar-refractivity contribution in [3.8, 4) is 5.75 Å². The van der Waals surface area contributed by atoms with Gasteiger partial charge < -0.3 is 9.64 Å². The van der Waals surface area contributed by atoms with Crippen molar-refractivity contribution in [2.75, 3.05) is 13.2 Å². The van der Waals surface area contributed by atoms with Crippen LogP contribution in [0, 0.1) is 5.92 Å². The predicted molar refractivity (Wildman–Crippen MR) is 88.3 cm³/mol. The summed E-state index contributed by atoms with van der Waals surface area (Å²) in [5.74, 6) is 1.63. The Bertz CT molecular complexity index is 518. The van der Waals surface area contributed by atoms with Crippen LogP contribution in [0.1, 0.15) is 44.9 Å². The molecular formula is C18H24ClNO2. The molecule has 0 N–H and O–H groups in total. The second-order valence-corrected chi connectivity index (χ2v) is 6.78. The van der Waals surface area contributed by atoms with Gasteiger partial charge in [0, 0.05) is 12.6 Å². The molecule has 3 rings (SSSR count). The Balaban J connectivity index is 1.52. The predicted octanol–water partition coefficient (Wildman–Crippen LogP) is 4.29. The van der Waals surface area contributed by atoms with E-state index in [-0.39, 0.29) is 5.91 Å². The third kappa shape index (κ3) is 3.57. The van der Waals surface area contributed by atoms with Crippen molar-refractivity contribution in [2.24, 2.45) is 5.92 Å². The van der Waals surface area contributed by atoms with Gasteiger partial charge in [-0.2, -0.15) is 0 Å². The largest absolute Gasteiger partial charge is 0.491 e. The summed E-state index contributed by atoms with van der Waals surface area (Å²) in [5.41, 5.74) is 0. The Morgan fingerprint density at radius 3 is 2.82 bits per heavy atom. The molecule has 4 heteroatoms. The summed E-state index contributed by atoms with van der Waals surface area (Å²) in [4.78, 5) is 14.7. The third-order valence-corrected chi connectivity index (χ3v) is 5.29. The number of carbonyl (C=O) groups is 1. The first kappa shape index (κ1) is 15.7. The van der Waals surface area contributed by atoms with Gasteiger partial charge in [0.2, 0.25) is 5.91 Å². The molecule has 1 aromatic carbocycles. The maximum atomic E-state index is 12.5. The van der Waals surface area contributed by atoms with Gasteiger partial charge in [0.15, 0.2) is 0 Å². The van der Waals surface area contributed by atoms with Crippen molar-refractivity contribution in [2.45, 2.75) is 51.0 Å². The zero-order valence-corrected chi connectivity index (χ0v) is 13.7. The number of nitrogens with zero attached hydrogens (tertiary/aromatic N) is 1. The van der Waals surface area contributed by atoms with Crippen LogP contribution >= 0.6 is 11.6 Å². The number of ether oxygens (including phenoxy) is 1. The summed E-state index contributed by atoms with van der Waals surface area (Å²) in [6.07, 6.45) is 7.96. The molecule has 1 saturated carbocycles. The molecule has 0 spiro atoms. The molecule has 1 aliphatic heterocycles. The molecule has 1 aliphatic carbocycles. The van der Waals surface area contributed by atoms with Crippen LogP contribution in [-0.4, -0.2) is 30.0 Å². The third-order valence-electron chi connectivity index (χ3n) is 4.97. The summed E-state index contributed by atoms with van der Waals surface area (Å²) >= 11 is 6.06. The maximum Gasteiger partial charge on any atom is 0.226 e. The number of para-hydroxylation sites is 1. The van der Waals surface area contributed by atoms with E-state index in [4.69, 9.17) is 16.3 Å². The van der Waals surface area contributed by atoms with Crippen molar-refractivity contribution in [1.29, 1.82) is 0 Å². The van der Waals surface area contributed by atoms with Crippen LogP contribution in [0.15, 0.2) is 24.3 Å². The molecule has 22 heavy (non-hydrogen) atoms. The van der Waals surface area contributed by atoms with E-state index in [0.29, 0.717) is 29.8 Å². The summed E-state index contributed by atoms with van der Waals surface area (Å²) < 4.78 is 5.65. The van der Waals surface area contributed by atoms with Crippen LogP contribution in [0.2, 0.25) is 5.02 Å². The minimum atomic E-state index is 0.239. The Hall–Kier alpha value is -1.22. The van der Waals surface area contributed by atoms with Gasteiger partial charge in [0.05, 0.1) is 18.1 Å². The fourth-order valence-corrected chi connectivity index (χ4v) is 4.08. The van der Waals surface area contributed by atoms with E-state index in [1.54, 1.807) is 6.07 Å². The fraction of sp³-hybridized carbons (Fsp3) is 0.611. The van der Waals surface area contributed by atoms with E-state index in [1.165, 1.54) is 32.1 Å². The van der Waals surface area contributed by atoms with E-state index in [1.807, 2.05) is 18.2 Å². The molecule has 120 valence electrons. The van der Waals surface area contributed by atoms with Gasteiger partial charge in [0.25, 0.3) is 0 Å². The van der Waals surface area contributed by atoms with Gasteiger partial charge in [-0.1, -0.05) is 36.6 Å². The van der Waals surface area contributed by atoms with Crippen LogP contribution in [0.3, 0.4) is 0 Å². The van der Waals surface area contributed by atoms with Gasteiger partial charge in [-0.25, -0.2) is 0 Å². The molecular weight excluding hydrogens is 298 g/mol. The second-order valence-electron chi connectivity index (χ2n) is 6.37. The number of rotatable bonds is 4. The Labute approximate surface area is 137 Å². The van der Waals surface area contributed by atoms with Crippen molar-refractivity contribution >= 4 is 17.5 Å². The van der Waals surface area contributed by atoms with Gasteiger partial charge in [-0.05, 0) is 43.7 Å². The molecule has 1 amide bonds. The zero-order chi connectivity index (χ0) is 15.4. The van der Waals surface area contributed by atoms with Gasteiger partial charge >= 0.3 is 0 Å². The van der Waals surface area contributed by atoms with Crippen molar-refractivity contribution in [3.63, 3.8) is 0 Å². The highest BCUT2D eigenvalue weighted by atomic mass is 35.5. The molecule has 0 radical (unpaired) electrons. The standard InChI is InChI=1S/C18H24ClNO2/c19-15-8-2-4-10-17(15)22-13-11-18(21)20-12-5-7-14-6-1-3-9-16(14)20/h2,4,8,10,14,16H,1,3,5-7,9,11-13H2. The summed E-state index contributed by atoms with van der Waals surface area (Å²) in [6, 6.07) is 7.88. The molecule has 1 heterocycles. The Morgan fingerprint density at radius 2 is 1.95 bits per heavy atom. The number of amides is 1. The number of hydrogen-bond acceptors (Lipinski definition) is 2. The van der Waals surface area contributed by atoms with E-state index < -0.39 is 0 Å². The monoisotopic (exact) mass is 321 g/mol. The first-order valence-corrected chi connectivity index (χ1v) is 8.80. The Kier molecular flexibility index (Phi) is 5.24. The second kappa shape index (κ2) is 7.36. The topological polar surface area (TPSA) is 29.5 Å². The number of carbonyl (C=O) groups excluding carboxylic acids is 1. The number of piperidine rings is 1. The fourth-order valence-electron chi connectivity index (χ4n) is 3.89. The van der Waals surface area contributed by atoms with E-state index in [2.05, 4.69) is 4.90 Å². The van der Waals surface area contributed by atoms with Crippen LogP contribution in [0.5, 0.6) is 5.75 Å². The summed E-state index contributed by atoms with van der Waals surface area (Å²) in [7, 11) is 0. The lowest BCUT2D eigenvalue weighted by Crippen LogP contribution is -2.49. The average Bonchev–Trinajstić information content (AvgIpc) is 2.56. The molecule has 1 saturated heterocycles. The number of benzene rings is 1. The molecule has 2 fully saturated rings. The lowest BCUT2D eigenvalue weighted by molar-refractivity contribution is -0.138. The zero-order valence-electron chi connectivity index (χ0n) is 13.0. The smallest absolute Gasteiger partial charge is 0.226 e. The van der Waals surface area contributed by atoms with Crippen molar-refractivity contribution in [1.82, 2.24) is 4.90 Å². The summed E-state index contributed by atoms with van der Waals surface area (Å²) in [6.45, 7) is 1.32. The van der Waals surface area contributed by atoms with Crippen LogP contribution < -0.4 is 4.74 Å². The quantitative estimate of drug-likeness (QED) is 0.828. The SMILES string of the molecule is O=C(CCOc1ccccc1Cl)N1CCCC2CCCCC21. The number of likely N-dealkylation sites (tertiary alicyclic amines) is 1. The number of fused-ring (bicyclic) bond motifs is 1. The first-order valence-electron chi connectivity index (χ1n) is 8.42. The maximum absolute atomic E-state index is 12.5. The van der Waals surface area contributed by atoms with E-state index in [0.717, 1.165) is 18.9 Å². The minimum absolute atomic E-state index is 0.239. The van der Waals surface area contributed by atoms with E-state index in [9.17, 15) is 4.79 Å². The molecule has 2 unspecified atom stereocenters. The highest BCUT2D eigenvalue weighted by Gasteiger charge is 2.35. The van der Waals surface area contributed by atoms with Crippen molar-refractivity contribution < 1.29 is 9.53 Å². The number of hydrogen-bond donors (Lipinski definition) is 0. The summed E-state index contributed by atoms with van der Waals surface area (Å²) in [5, 5.41) is 0.597. The molecule has 3 nitrogen and oxygen atoms in total. The Morgan fingerprint density at radius 1 is 1.18 bits per heavy atom. The normalized spacial score (nSPS) is 24.7.